The van der Waals surface area contributed by atoms with Gasteiger partial charge in [0.1, 0.15) is 0 Å². The van der Waals surface area contributed by atoms with Gasteiger partial charge in [-0.15, -0.1) is 0 Å². The summed E-state index contributed by atoms with van der Waals surface area (Å²) in [5.74, 6) is 0.777. The summed E-state index contributed by atoms with van der Waals surface area (Å²) < 4.78 is 2.04. The Morgan fingerprint density at radius 3 is 2.83 bits per heavy atom. The van der Waals surface area contributed by atoms with E-state index in [1.165, 1.54) is 0 Å². The monoisotopic (exact) mass is 330 g/mol. The van der Waals surface area contributed by atoms with Crippen LogP contribution in [0.2, 0.25) is 0 Å². The van der Waals surface area contributed by atoms with E-state index in [9.17, 15) is 9.59 Å². The van der Waals surface area contributed by atoms with E-state index >= 15 is 0 Å². The van der Waals surface area contributed by atoms with Gasteiger partial charge in [0.25, 0.3) is 5.91 Å². The molecule has 0 bridgehead atoms. The van der Waals surface area contributed by atoms with E-state index < -0.39 is 0 Å². The SMILES string of the molecule is Cc1nn2c(c1C(=O)NC1CC3CC(C(N)=O)CC31)CCCC2C. The van der Waals surface area contributed by atoms with E-state index in [-0.39, 0.29) is 23.8 Å². The van der Waals surface area contributed by atoms with Gasteiger partial charge < -0.3 is 11.1 Å². The molecule has 3 aliphatic rings. The van der Waals surface area contributed by atoms with Gasteiger partial charge in [0.15, 0.2) is 0 Å². The Kier molecular flexibility index (Phi) is 3.66. The fourth-order valence-electron chi connectivity index (χ4n) is 5.05. The Hall–Kier alpha value is -1.85. The van der Waals surface area contributed by atoms with Crippen LogP contribution >= 0.6 is 0 Å². The highest BCUT2D eigenvalue weighted by atomic mass is 16.2. The molecule has 2 heterocycles. The summed E-state index contributed by atoms with van der Waals surface area (Å²) in [5.41, 5.74) is 8.13. The van der Waals surface area contributed by atoms with E-state index in [2.05, 4.69) is 17.3 Å². The number of carbonyl (C=O) groups is 2. The van der Waals surface area contributed by atoms with Crippen LogP contribution in [0.5, 0.6) is 0 Å². The Labute approximate surface area is 142 Å². The number of primary amides is 1. The number of nitrogens with two attached hydrogens (primary N) is 1. The van der Waals surface area contributed by atoms with Crippen molar-refractivity contribution in [1.82, 2.24) is 15.1 Å². The Balaban J connectivity index is 1.48. The topological polar surface area (TPSA) is 90.0 Å². The molecule has 5 atom stereocenters. The fraction of sp³-hybridized carbons (Fsp3) is 0.722. The van der Waals surface area contributed by atoms with Crippen LogP contribution in [0.3, 0.4) is 0 Å². The molecule has 6 nitrogen and oxygen atoms in total. The molecule has 0 saturated heterocycles. The van der Waals surface area contributed by atoms with Gasteiger partial charge in [-0.1, -0.05) is 0 Å². The number of nitrogens with one attached hydrogen (secondary N) is 1. The predicted octanol–water partition coefficient (Wildman–Crippen LogP) is 1.72. The highest BCUT2D eigenvalue weighted by Gasteiger charge is 2.49. The minimum Gasteiger partial charge on any atom is -0.369 e. The highest BCUT2D eigenvalue weighted by molar-refractivity contribution is 5.96. The van der Waals surface area contributed by atoms with Crippen molar-refractivity contribution in [3.8, 4) is 0 Å². The molecule has 4 rings (SSSR count). The van der Waals surface area contributed by atoms with Crippen molar-refractivity contribution in [2.24, 2.45) is 23.5 Å². The second-order valence-electron chi connectivity index (χ2n) is 7.90. The molecule has 1 aromatic rings. The zero-order chi connectivity index (χ0) is 17.0. The van der Waals surface area contributed by atoms with Gasteiger partial charge in [-0.2, -0.15) is 5.10 Å². The molecular formula is C18H26N4O2. The average molecular weight is 330 g/mol. The number of aryl methyl sites for hydroxylation is 1. The van der Waals surface area contributed by atoms with Crippen LogP contribution in [0.25, 0.3) is 0 Å². The lowest BCUT2D eigenvalue weighted by molar-refractivity contribution is -0.121. The lowest BCUT2D eigenvalue weighted by Gasteiger charge is -2.40. The van der Waals surface area contributed by atoms with Gasteiger partial charge in [-0.25, -0.2) is 0 Å². The Morgan fingerprint density at radius 2 is 2.08 bits per heavy atom. The van der Waals surface area contributed by atoms with Crippen molar-refractivity contribution in [2.45, 2.75) is 64.5 Å². The lowest BCUT2D eigenvalue weighted by Crippen LogP contribution is -2.50. The molecule has 3 N–H and O–H groups in total. The molecule has 0 radical (unpaired) electrons. The number of fused-ring (bicyclic) bond motifs is 2. The van der Waals surface area contributed by atoms with Crippen LogP contribution in [0.4, 0.5) is 0 Å². The Morgan fingerprint density at radius 1 is 1.29 bits per heavy atom. The van der Waals surface area contributed by atoms with E-state index in [1.54, 1.807) is 0 Å². The van der Waals surface area contributed by atoms with Gasteiger partial charge in [-0.05, 0) is 64.2 Å². The quantitative estimate of drug-likeness (QED) is 0.884. The van der Waals surface area contributed by atoms with E-state index in [1.807, 2.05) is 11.6 Å². The van der Waals surface area contributed by atoms with Crippen molar-refractivity contribution in [3.63, 3.8) is 0 Å². The number of amides is 2. The first-order chi connectivity index (χ1) is 11.5. The van der Waals surface area contributed by atoms with Crippen LogP contribution in [0.15, 0.2) is 0 Å². The molecule has 2 amide bonds. The molecule has 2 aliphatic carbocycles. The second-order valence-corrected chi connectivity index (χ2v) is 7.90. The summed E-state index contributed by atoms with van der Waals surface area (Å²) in [5, 5.41) is 7.81. The van der Waals surface area contributed by atoms with Crippen molar-refractivity contribution >= 4 is 11.8 Å². The van der Waals surface area contributed by atoms with Gasteiger partial charge in [-0.3, -0.25) is 14.3 Å². The molecule has 24 heavy (non-hydrogen) atoms. The summed E-state index contributed by atoms with van der Waals surface area (Å²) in [4.78, 5) is 24.3. The van der Waals surface area contributed by atoms with Crippen molar-refractivity contribution in [1.29, 1.82) is 0 Å². The molecule has 5 unspecified atom stereocenters. The van der Waals surface area contributed by atoms with Crippen LogP contribution in [-0.4, -0.2) is 27.6 Å². The molecule has 0 spiro atoms. The second kappa shape index (κ2) is 5.60. The van der Waals surface area contributed by atoms with Crippen molar-refractivity contribution in [2.75, 3.05) is 0 Å². The Bertz CT molecular complexity index is 695. The van der Waals surface area contributed by atoms with Gasteiger partial charge in [0.05, 0.1) is 17.0 Å². The predicted molar refractivity (Wildman–Crippen MR) is 89.4 cm³/mol. The highest BCUT2D eigenvalue weighted by Crippen LogP contribution is 2.49. The first-order valence-corrected chi connectivity index (χ1v) is 9.13. The molecule has 2 fully saturated rings. The molecule has 2 saturated carbocycles. The van der Waals surface area contributed by atoms with Crippen LogP contribution in [0, 0.1) is 24.7 Å². The summed E-state index contributed by atoms with van der Waals surface area (Å²) in [7, 11) is 0. The van der Waals surface area contributed by atoms with Gasteiger partial charge in [0, 0.05) is 18.0 Å². The molecule has 1 aliphatic heterocycles. The third-order valence-electron chi connectivity index (χ3n) is 6.41. The summed E-state index contributed by atoms with van der Waals surface area (Å²) >= 11 is 0. The maximum atomic E-state index is 12.9. The largest absolute Gasteiger partial charge is 0.369 e. The van der Waals surface area contributed by atoms with Crippen molar-refractivity contribution < 1.29 is 9.59 Å². The van der Waals surface area contributed by atoms with Crippen LogP contribution in [0.1, 0.15) is 66.8 Å². The first-order valence-electron chi connectivity index (χ1n) is 9.13. The standard InChI is InChI=1S/C18H26N4O2/c1-9-4-3-5-15-16(10(2)21-22(9)15)18(24)20-14-8-11-6-12(17(19)23)7-13(11)14/h9,11-14H,3-8H2,1-2H3,(H2,19,23)(H,20,24). The third kappa shape index (κ3) is 2.34. The molecule has 0 aromatic carbocycles. The number of aromatic nitrogens is 2. The number of hydrogen-bond acceptors (Lipinski definition) is 3. The lowest BCUT2D eigenvalue weighted by atomic mass is 9.71. The average Bonchev–Trinajstić information content (AvgIpc) is 3.03. The van der Waals surface area contributed by atoms with Crippen LogP contribution < -0.4 is 11.1 Å². The molecule has 130 valence electrons. The molecular weight excluding hydrogens is 304 g/mol. The first kappa shape index (κ1) is 15.7. The summed E-state index contributed by atoms with van der Waals surface area (Å²) in [6, 6.07) is 0.552. The minimum atomic E-state index is -0.190. The summed E-state index contributed by atoms with van der Waals surface area (Å²) in [6.45, 7) is 4.09. The summed E-state index contributed by atoms with van der Waals surface area (Å²) in [6.07, 6.45) is 5.85. The van der Waals surface area contributed by atoms with Gasteiger partial charge in [0.2, 0.25) is 5.91 Å². The van der Waals surface area contributed by atoms with E-state index in [4.69, 9.17) is 5.73 Å². The number of rotatable bonds is 3. The maximum absolute atomic E-state index is 12.9. The number of nitrogens with zero attached hydrogens (tertiary/aromatic N) is 2. The molecule has 1 aromatic heterocycles. The zero-order valence-corrected chi connectivity index (χ0v) is 14.4. The van der Waals surface area contributed by atoms with Crippen molar-refractivity contribution in [3.05, 3.63) is 17.0 Å². The van der Waals surface area contributed by atoms with Gasteiger partial charge >= 0.3 is 0 Å². The van der Waals surface area contributed by atoms with E-state index in [0.29, 0.717) is 17.9 Å². The zero-order valence-electron chi connectivity index (χ0n) is 14.4. The molecule has 6 heteroatoms. The fourth-order valence-corrected chi connectivity index (χ4v) is 5.05. The number of hydrogen-bond donors (Lipinski definition) is 2. The maximum Gasteiger partial charge on any atom is 0.255 e. The number of carbonyl (C=O) groups excluding carboxylic acids is 2. The normalized spacial score (nSPS) is 34.2. The van der Waals surface area contributed by atoms with E-state index in [0.717, 1.165) is 55.5 Å². The van der Waals surface area contributed by atoms with Crippen LogP contribution in [-0.2, 0) is 11.2 Å². The minimum absolute atomic E-state index is 0.00612. The third-order valence-corrected chi connectivity index (χ3v) is 6.41. The smallest absolute Gasteiger partial charge is 0.255 e.